The Morgan fingerprint density at radius 2 is 2.36 bits per heavy atom. The molecule has 0 bridgehead atoms. The Morgan fingerprint density at radius 3 is 3.07 bits per heavy atom. The average Bonchev–Trinajstić information content (AvgIpc) is 2.25. The highest BCUT2D eigenvalue weighted by Crippen LogP contribution is 2.14. The zero-order valence-electron chi connectivity index (χ0n) is 8.48. The lowest BCUT2D eigenvalue weighted by Gasteiger charge is -2.29. The Bertz CT molecular complexity index is 191. The second kappa shape index (κ2) is 6.77. The number of likely N-dealkylation sites (tertiary alicyclic amines) is 1. The number of hydrogen-bond acceptors (Lipinski definition) is 4. The maximum atomic E-state index is 8.78. The molecule has 0 aliphatic carbocycles. The van der Waals surface area contributed by atoms with Gasteiger partial charge in [-0.2, -0.15) is 5.26 Å². The predicted octanol–water partition coefficient (Wildman–Crippen LogP) is 0.231. The number of aliphatic hydroxyl groups is 1. The summed E-state index contributed by atoms with van der Waals surface area (Å²) in [7, 11) is 0. The summed E-state index contributed by atoms with van der Waals surface area (Å²) >= 11 is 0. The second-order valence-electron chi connectivity index (χ2n) is 3.60. The number of nitrogens with zero attached hydrogens (tertiary/aromatic N) is 2. The smallest absolute Gasteiger partial charge is 0.0698 e. The van der Waals surface area contributed by atoms with Crippen molar-refractivity contribution >= 4 is 0 Å². The topological polar surface area (TPSA) is 56.5 Å². The SMILES string of the molecule is N#CC1CCCN(CCOCCO)C1. The van der Waals surface area contributed by atoms with Crippen LogP contribution in [0.25, 0.3) is 0 Å². The third-order valence-corrected chi connectivity index (χ3v) is 2.48. The molecule has 0 radical (unpaired) electrons. The molecule has 1 saturated heterocycles. The summed E-state index contributed by atoms with van der Waals surface area (Å²) in [4.78, 5) is 2.26. The van der Waals surface area contributed by atoms with Crippen molar-refractivity contribution < 1.29 is 9.84 Å². The van der Waals surface area contributed by atoms with Crippen LogP contribution in [0, 0.1) is 17.2 Å². The third-order valence-electron chi connectivity index (χ3n) is 2.48. The Hall–Kier alpha value is -0.630. The highest BCUT2D eigenvalue weighted by atomic mass is 16.5. The van der Waals surface area contributed by atoms with Gasteiger partial charge in [0.05, 0.1) is 31.8 Å². The standard InChI is InChI=1S/C10H18N2O2/c11-8-10-2-1-3-12(9-10)4-6-14-7-5-13/h10,13H,1-7,9H2. The molecule has 0 aromatic carbocycles. The van der Waals surface area contributed by atoms with Crippen molar-refractivity contribution in [1.29, 1.82) is 5.26 Å². The van der Waals surface area contributed by atoms with Gasteiger partial charge in [-0.1, -0.05) is 0 Å². The molecular weight excluding hydrogens is 180 g/mol. The summed E-state index contributed by atoms with van der Waals surface area (Å²) in [6, 6.07) is 2.31. The summed E-state index contributed by atoms with van der Waals surface area (Å²) < 4.78 is 5.18. The quantitative estimate of drug-likeness (QED) is 0.642. The van der Waals surface area contributed by atoms with Gasteiger partial charge in [0.15, 0.2) is 0 Å². The van der Waals surface area contributed by atoms with Gasteiger partial charge in [0.2, 0.25) is 0 Å². The van der Waals surface area contributed by atoms with Gasteiger partial charge in [0, 0.05) is 13.1 Å². The predicted molar refractivity (Wildman–Crippen MR) is 52.7 cm³/mol. The van der Waals surface area contributed by atoms with Gasteiger partial charge in [0.25, 0.3) is 0 Å². The molecule has 0 spiro atoms. The van der Waals surface area contributed by atoms with E-state index >= 15 is 0 Å². The first kappa shape index (κ1) is 11.4. The molecule has 0 aromatic rings. The normalized spacial score (nSPS) is 23.3. The first-order valence-electron chi connectivity index (χ1n) is 5.17. The number of hydrogen-bond donors (Lipinski definition) is 1. The molecule has 1 aliphatic rings. The Balaban J connectivity index is 2.09. The summed E-state index contributed by atoms with van der Waals surface area (Å²) in [6.45, 7) is 3.97. The lowest BCUT2D eigenvalue weighted by Crippen LogP contribution is -2.37. The monoisotopic (exact) mass is 198 g/mol. The fourth-order valence-corrected chi connectivity index (χ4v) is 1.72. The molecule has 1 rings (SSSR count). The summed E-state index contributed by atoms with van der Waals surface area (Å²) in [5.74, 6) is 0.196. The van der Waals surface area contributed by atoms with Gasteiger partial charge in [-0.05, 0) is 19.4 Å². The average molecular weight is 198 g/mol. The Morgan fingerprint density at radius 1 is 1.50 bits per heavy atom. The van der Waals surface area contributed by atoms with Gasteiger partial charge >= 0.3 is 0 Å². The number of nitriles is 1. The molecule has 0 aromatic heterocycles. The molecule has 0 saturated carbocycles. The minimum Gasteiger partial charge on any atom is -0.394 e. The Labute approximate surface area is 85.1 Å². The van der Waals surface area contributed by atoms with Crippen LogP contribution in [0.1, 0.15) is 12.8 Å². The second-order valence-corrected chi connectivity index (χ2v) is 3.60. The number of rotatable bonds is 5. The maximum absolute atomic E-state index is 8.78. The van der Waals surface area contributed by atoms with Crippen LogP contribution in [-0.4, -0.2) is 49.5 Å². The number of piperidine rings is 1. The van der Waals surface area contributed by atoms with Crippen LogP contribution < -0.4 is 0 Å². The molecule has 80 valence electrons. The van der Waals surface area contributed by atoms with Crippen LogP contribution in [0.3, 0.4) is 0 Å². The molecular formula is C10H18N2O2. The van der Waals surface area contributed by atoms with Crippen LogP contribution in [0.4, 0.5) is 0 Å². The Kier molecular flexibility index (Phi) is 5.53. The van der Waals surface area contributed by atoms with Gasteiger partial charge in [-0.15, -0.1) is 0 Å². The first-order valence-corrected chi connectivity index (χ1v) is 5.17. The van der Waals surface area contributed by atoms with Crippen molar-refractivity contribution in [2.24, 2.45) is 5.92 Å². The molecule has 1 N–H and O–H groups in total. The van der Waals surface area contributed by atoms with Crippen molar-refractivity contribution in [3.63, 3.8) is 0 Å². The van der Waals surface area contributed by atoms with Gasteiger partial charge in [-0.3, -0.25) is 4.90 Å². The first-order chi connectivity index (χ1) is 6.86. The van der Waals surface area contributed by atoms with Crippen molar-refractivity contribution in [2.75, 3.05) is 39.5 Å². The largest absolute Gasteiger partial charge is 0.394 e. The van der Waals surface area contributed by atoms with Gasteiger partial charge in [0.1, 0.15) is 0 Å². The molecule has 1 atom stereocenters. The van der Waals surface area contributed by atoms with Crippen LogP contribution in [0.15, 0.2) is 0 Å². The van der Waals surface area contributed by atoms with E-state index in [4.69, 9.17) is 15.1 Å². The summed E-state index contributed by atoms with van der Waals surface area (Å²) in [6.07, 6.45) is 2.14. The molecule has 4 heteroatoms. The van der Waals surface area contributed by atoms with E-state index in [-0.39, 0.29) is 12.5 Å². The molecule has 14 heavy (non-hydrogen) atoms. The fourth-order valence-electron chi connectivity index (χ4n) is 1.72. The molecule has 1 fully saturated rings. The molecule has 1 heterocycles. The van der Waals surface area contributed by atoms with Crippen molar-refractivity contribution in [1.82, 2.24) is 4.90 Å². The van der Waals surface area contributed by atoms with Crippen molar-refractivity contribution in [2.45, 2.75) is 12.8 Å². The molecule has 1 aliphatic heterocycles. The minimum absolute atomic E-state index is 0.0841. The maximum Gasteiger partial charge on any atom is 0.0698 e. The van der Waals surface area contributed by atoms with E-state index in [1.165, 1.54) is 0 Å². The minimum atomic E-state index is 0.0841. The van der Waals surface area contributed by atoms with E-state index in [0.717, 1.165) is 32.5 Å². The molecule has 4 nitrogen and oxygen atoms in total. The van der Waals surface area contributed by atoms with Gasteiger partial charge < -0.3 is 9.84 Å². The van der Waals surface area contributed by atoms with E-state index in [0.29, 0.717) is 13.2 Å². The van der Waals surface area contributed by atoms with Crippen LogP contribution in [0.5, 0.6) is 0 Å². The van der Waals surface area contributed by atoms with Crippen LogP contribution in [0.2, 0.25) is 0 Å². The lowest BCUT2D eigenvalue weighted by molar-refractivity contribution is 0.0660. The van der Waals surface area contributed by atoms with E-state index in [1.54, 1.807) is 0 Å². The zero-order chi connectivity index (χ0) is 10.2. The molecule has 0 amide bonds. The number of aliphatic hydroxyl groups excluding tert-OH is 1. The van der Waals surface area contributed by atoms with Crippen LogP contribution in [-0.2, 0) is 4.74 Å². The zero-order valence-corrected chi connectivity index (χ0v) is 8.48. The highest BCUT2D eigenvalue weighted by Gasteiger charge is 2.18. The lowest BCUT2D eigenvalue weighted by atomic mass is 10.00. The fraction of sp³-hybridized carbons (Fsp3) is 0.900. The van der Waals surface area contributed by atoms with Gasteiger partial charge in [-0.25, -0.2) is 0 Å². The van der Waals surface area contributed by atoms with Crippen LogP contribution >= 0.6 is 0 Å². The van der Waals surface area contributed by atoms with Crippen molar-refractivity contribution in [3.05, 3.63) is 0 Å². The number of ether oxygens (including phenoxy) is 1. The summed E-state index contributed by atoms with van der Waals surface area (Å²) in [5.41, 5.74) is 0. The van der Waals surface area contributed by atoms with E-state index < -0.39 is 0 Å². The van der Waals surface area contributed by atoms with E-state index in [1.807, 2.05) is 0 Å². The van der Waals surface area contributed by atoms with E-state index in [9.17, 15) is 0 Å². The highest BCUT2D eigenvalue weighted by molar-refractivity contribution is 4.88. The summed E-state index contributed by atoms with van der Waals surface area (Å²) in [5, 5.41) is 17.3. The molecule has 1 unspecified atom stereocenters. The third kappa shape index (κ3) is 4.05. The van der Waals surface area contributed by atoms with E-state index in [2.05, 4.69) is 11.0 Å². The van der Waals surface area contributed by atoms with Crippen molar-refractivity contribution in [3.8, 4) is 6.07 Å².